The maximum absolute atomic E-state index is 11.1. The summed E-state index contributed by atoms with van der Waals surface area (Å²) in [6.45, 7) is 3.98. The van der Waals surface area contributed by atoms with E-state index in [9.17, 15) is 4.79 Å². The molecule has 0 aliphatic carbocycles. The molecule has 0 bridgehead atoms. The number of carboxylic acids is 1. The second-order valence-corrected chi connectivity index (χ2v) is 4.78. The molecule has 0 aliphatic rings. The normalized spacial score (nSPS) is 9.95. The molecule has 0 unspecified atom stereocenters. The van der Waals surface area contributed by atoms with Gasteiger partial charge in [0.25, 0.3) is 0 Å². The molecule has 0 saturated carbocycles. The minimum atomic E-state index is -0.965. The lowest BCUT2D eigenvalue weighted by atomic mass is 10.1. The summed E-state index contributed by atoms with van der Waals surface area (Å²) in [6, 6.07) is 12.5. The molecule has 21 heavy (non-hydrogen) atoms. The van der Waals surface area contributed by atoms with Gasteiger partial charge < -0.3 is 9.84 Å². The van der Waals surface area contributed by atoms with Gasteiger partial charge in [0.2, 0.25) is 0 Å². The van der Waals surface area contributed by atoms with Crippen LogP contribution in [-0.4, -0.2) is 11.1 Å². The van der Waals surface area contributed by atoms with Crippen LogP contribution in [0.4, 0.5) is 0 Å². The van der Waals surface area contributed by atoms with Gasteiger partial charge in [-0.1, -0.05) is 12.1 Å². The molecular formula is C17H15NO3. The smallest absolute Gasteiger partial charge is 0.336 e. The first-order chi connectivity index (χ1) is 10.0. The van der Waals surface area contributed by atoms with Crippen molar-refractivity contribution in [1.29, 1.82) is 5.26 Å². The van der Waals surface area contributed by atoms with Gasteiger partial charge in [0.15, 0.2) is 0 Å². The number of hydrogen-bond donors (Lipinski definition) is 1. The van der Waals surface area contributed by atoms with Crippen molar-refractivity contribution in [3.63, 3.8) is 0 Å². The first kappa shape index (κ1) is 14.6. The minimum absolute atomic E-state index is 0.240. The standard InChI is InChI=1S/C17H15NO3/c1-11-8-13(9-18)6-7-14(11)10-21-16-5-3-4-15(12(16)2)17(19)20/h3-8H,10H2,1-2H3,(H,19,20). The summed E-state index contributed by atoms with van der Waals surface area (Å²) < 4.78 is 5.72. The molecule has 0 saturated heterocycles. The third kappa shape index (κ3) is 3.21. The maximum atomic E-state index is 11.1. The Kier molecular flexibility index (Phi) is 4.24. The fraction of sp³-hybridized carbons (Fsp3) is 0.176. The van der Waals surface area contributed by atoms with Gasteiger partial charge in [-0.2, -0.15) is 5.26 Å². The van der Waals surface area contributed by atoms with Gasteiger partial charge in [-0.25, -0.2) is 4.79 Å². The van der Waals surface area contributed by atoms with E-state index in [1.807, 2.05) is 13.0 Å². The lowest BCUT2D eigenvalue weighted by Gasteiger charge is -2.12. The summed E-state index contributed by atoms with van der Waals surface area (Å²) in [7, 11) is 0. The van der Waals surface area contributed by atoms with E-state index < -0.39 is 5.97 Å². The van der Waals surface area contributed by atoms with E-state index in [0.717, 1.165) is 11.1 Å². The van der Waals surface area contributed by atoms with Gasteiger partial charge in [0.1, 0.15) is 12.4 Å². The zero-order chi connectivity index (χ0) is 15.4. The largest absolute Gasteiger partial charge is 0.489 e. The van der Waals surface area contributed by atoms with Crippen molar-refractivity contribution in [1.82, 2.24) is 0 Å². The topological polar surface area (TPSA) is 70.3 Å². The quantitative estimate of drug-likeness (QED) is 0.931. The Hall–Kier alpha value is -2.80. The highest BCUT2D eigenvalue weighted by molar-refractivity contribution is 5.90. The molecule has 0 spiro atoms. The number of aryl methyl sites for hydroxylation is 1. The van der Waals surface area contributed by atoms with Gasteiger partial charge in [-0.05, 0) is 49.2 Å². The lowest BCUT2D eigenvalue weighted by molar-refractivity contribution is 0.0695. The number of aromatic carboxylic acids is 1. The highest BCUT2D eigenvalue weighted by atomic mass is 16.5. The van der Waals surface area contributed by atoms with Gasteiger partial charge in [-0.15, -0.1) is 0 Å². The average molecular weight is 281 g/mol. The Bertz CT molecular complexity index is 729. The number of carbonyl (C=O) groups is 1. The summed E-state index contributed by atoms with van der Waals surface area (Å²) in [6.07, 6.45) is 0. The third-order valence-electron chi connectivity index (χ3n) is 3.37. The predicted molar refractivity (Wildman–Crippen MR) is 78.4 cm³/mol. The predicted octanol–water partition coefficient (Wildman–Crippen LogP) is 3.45. The third-order valence-corrected chi connectivity index (χ3v) is 3.37. The molecule has 1 N–H and O–H groups in total. The summed E-state index contributed by atoms with van der Waals surface area (Å²) >= 11 is 0. The van der Waals surface area contributed by atoms with Crippen LogP contribution in [0.3, 0.4) is 0 Å². The Labute approximate surface area is 123 Å². The van der Waals surface area contributed by atoms with Crippen molar-refractivity contribution in [3.8, 4) is 11.8 Å². The van der Waals surface area contributed by atoms with E-state index in [1.54, 1.807) is 37.3 Å². The van der Waals surface area contributed by atoms with Crippen LogP contribution < -0.4 is 4.74 Å². The number of hydrogen-bond acceptors (Lipinski definition) is 3. The minimum Gasteiger partial charge on any atom is -0.489 e. The zero-order valence-electron chi connectivity index (χ0n) is 11.9. The number of nitriles is 1. The fourth-order valence-electron chi connectivity index (χ4n) is 2.09. The van der Waals surface area contributed by atoms with Crippen LogP contribution >= 0.6 is 0 Å². The van der Waals surface area contributed by atoms with Gasteiger partial charge >= 0.3 is 5.97 Å². The van der Waals surface area contributed by atoms with Crippen LogP contribution in [0.25, 0.3) is 0 Å². The van der Waals surface area contributed by atoms with Crippen LogP contribution in [0.15, 0.2) is 36.4 Å². The monoisotopic (exact) mass is 281 g/mol. The van der Waals surface area contributed by atoms with Crippen molar-refractivity contribution < 1.29 is 14.6 Å². The van der Waals surface area contributed by atoms with E-state index in [1.165, 1.54) is 0 Å². The summed E-state index contributed by atoms with van der Waals surface area (Å²) in [4.78, 5) is 11.1. The van der Waals surface area contributed by atoms with E-state index in [2.05, 4.69) is 6.07 Å². The molecule has 0 fully saturated rings. The summed E-state index contributed by atoms with van der Waals surface area (Å²) in [5.74, 6) is -0.411. The first-order valence-corrected chi connectivity index (χ1v) is 6.48. The van der Waals surface area contributed by atoms with Crippen LogP contribution in [0, 0.1) is 25.2 Å². The molecule has 2 aromatic carbocycles. The fourth-order valence-corrected chi connectivity index (χ4v) is 2.09. The molecule has 0 heterocycles. The summed E-state index contributed by atoms with van der Waals surface area (Å²) in [5, 5.41) is 17.9. The van der Waals surface area contributed by atoms with Crippen LogP contribution in [0.1, 0.15) is 32.6 Å². The van der Waals surface area contributed by atoms with E-state index in [0.29, 0.717) is 23.5 Å². The highest BCUT2D eigenvalue weighted by Crippen LogP contribution is 2.23. The summed E-state index contributed by atoms with van der Waals surface area (Å²) in [5.41, 5.74) is 3.40. The van der Waals surface area contributed by atoms with Gasteiger partial charge in [-0.3, -0.25) is 0 Å². The van der Waals surface area contributed by atoms with Crippen molar-refractivity contribution in [2.24, 2.45) is 0 Å². The molecular weight excluding hydrogens is 266 g/mol. The van der Waals surface area contributed by atoms with Crippen LogP contribution in [0.5, 0.6) is 5.75 Å². The second kappa shape index (κ2) is 6.10. The van der Waals surface area contributed by atoms with Crippen molar-refractivity contribution in [2.75, 3.05) is 0 Å². The van der Waals surface area contributed by atoms with Crippen molar-refractivity contribution in [2.45, 2.75) is 20.5 Å². The number of benzene rings is 2. The Morgan fingerprint density at radius 2 is 2.05 bits per heavy atom. The number of rotatable bonds is 4. The molecule has 0 radical (unpaired) electrons. The molecule has 0 aliphatic heterocycles. The Morgan fingerprint density at radius 3 is 2.67 bits per heavy atom. The molecule has 2 rings (SSSR count). The Balaban J connectivity index is 2.19. The number of carboxylic acid groups (broad SMARTS) is 1. The number of ether oxygens (including phenoxy) is 1. The second-order valence-electron chi connectivity index (χ2n) is 4.78. The van der Waals surface area contributed by atoms with Crippen molar-refractivity contribution in [3.05, 3.63) is 64.2 Å². The maximum Gasteiger partial charge on any atom is 0.336 e. The molecule has 2 aromatic rings. The van der Waals surface area contributed by atoms with Crippen LogP contribution in [0.2, 0.25) is 0 Å². The van der Waals surface area contributed by atoms with Gasteiger partial charge in [0.05, 0.1) is 17.2 Å². The van der Waals surface area contributed by atoms with E-state index >= 15 is 0 Å². The molecule has 4 heteroatoms. The Morgan fingerprint density at radius 1 is 1.29 bits per heavy atom. The molecule has 106 valence electrons. The van der Waals surface area contributed by atoms with E-state index in [-0.39, 0.29) is 5.56 Å². The SMILES string of the molecule is Cc1cc(C#N)ccc1COc1cccc(C(=O)O)c1C. The molecule has 0 aromatic heterocycles. The van der Waals surface area contributed by atoms with E-state index in [4.69, 9.17) is 15.1 Å². The van der Waals surface area contributed by atoms with Crippen molar-refractivity contribution >= 4 is 5.97 Å². The highest BCUT2D eigenvalue weighted by Gasteiger charge is 2.11. The lowest BCUT2D eigenvalue weighted by Crippen LogP contribution is -2.04. The molecule has 0 amide bonds. The molecule has 0 atom stereocenters. The molecule has 4 nitrogen and oxygen atoms in total. The van der Waals surface area contributed by atoms with Crippen LogP contribution in [-0.2, 0) is 6.61 Å². The first-order valence-electron chi connectivity index (χ1n) is 6.48. The zero-order valence-corrected chi connectivity index (χ0v) is 11.9. The van der Waals surface area contributed by atoms with Gasteiger partial charge in [0, 0.05) is 5.56 Å². The number of nitrogens with zero attached hydrogens (tertiary/aromatic N) is 1. The average Bonchev–Trinajstić information content (AvgIpc) is 2.46.